The standard InChI is InChI=1S/C27H23N3O6S2/c1-14(2)13-36-19-9-6-16(11-15(19)3)24(31)22-23(20-5-4-10-37-20)29(26(33)25(22)32)27-28-18-8-7-17(30(34)35)12-21(18)38-27/h4-12,14,23,31H,13H2,1-3H3/b24-22+. The molecule has 38 heavy (non-hydrogen) atoms. The largest absolute Gasteiger partial charge is 0.507 e. The third-order valence-corrected chi connectivity index (χ3v) is 8.00. The van der Waals surface area contributed by atoms with E-state index in [0.717, 1.165) is 16.9 Å². The number of thiophene rings is 1. The van der Waals surface area contributed by atoms with E-state index in [1.54, 1.807) is 30.3 Å². The molecule has 5 rings (SSSR count). The van der Waals surface area contributed by atoms with Crippen molar-refractivity contribution in [3.8, 4) is 5.75 Å². The summed E-state index contributed by atoms with van der Waals surface area (Å²) in [5.41, 5.74) is 1.50. The lowest BCUT2D eigenvalue weighted by atomic mass is 9.99. The van der Waals surface area contributed by atoms with Gasteiger partial charge in [0.25, 0.3) is 11.5 Å². The molecule has 1 fully saturated rings. The van der Waals surface area contributed by atoms with Crippen molar-refractivity contribution in [1.29, 1.82) is 0 Å². The average molecular weight is 550 g/mol. The molecule has 1 amide bonds. The normalized spacial score (nSPS) is 17.1. The van der Waals surface area contributed by atoms with Gasteiger partial charge in [0.2, 0.25) is 0 Å². The van der Waals surface area contributed by atoms with Gasteiger partial charge in [0.1, 0.15) is 17.6 Å². The van der Waals surface area contributed by atoms with E-state index in [1.165, 1.54) is 34.4 Å². The van der Waals surface area contributed by atoms with Crippen LogP contribution in [0.2, 0.25) is 0 Å². The van der Waals surface area contributed by atoms with Crippen LogP contribution in [0.5, 0.6) is 5.75 Å². The monoisotopic (exact) mass is 549 g/mol. The number of aromatic nitrogens is 1. The second kappa shape index (κ2) is 9.99. The van der Waals surface area contributed by atoms with Crippen LogP contribution in [0.4, 0.5) is 10.8 Å². The van der Waals surface area contributed by atoms with Crippen LogP contribution < -0.4 is 9.64 Å². The molecule has 1 N–H and O–H groups in total. The molecule has 0 spiro atoms. The van der Waals surface area contributed by atoms with Crippen LogP contribution in [0.15, 0.2) is 59.5 Å². The molecule has 1 aliphatic rings. The summed E-state index contributed by atoms with van der Waals surface area (Å²) in [6.07, 6.45) is 0. The third kappa shape index (κ3) is 4.54. The zero-order valence-electron chi connectivity index (χ0n) is 20.7. The van der Waals surface area contributed by atoms with Gasteiger partial charge in [0.15, 0.2) is 5.13 Å². The Kier molecular flexibility index (Phi) is 6.72. The first-order chi connectivity index (χ1) is 18.2. The molecule has 0 aliphatic carbocycles. The van der Waals surface area contributed by atoms with Gasteiger partial charge in [0.05, 0.1) is 27.3 Å². The summed E-state index contributed by atoms with van der Waals surface area (Å²) in [6.45, 7) is 6.49. The van der Waals surface area contributed by atoms with Gasteiger partial charge in [0, 0.05) is 22.6 Å². The van der Waals surface area contributed by atoms with Gasteiger partial charge in [-0.3, -0.25) is 24.6 Å². The molecule has 2 aromatic heterocycles. The number of anilines is 1. The zero-order chi connectivity index (χ0) is 27.1. The molecule has 194 valence electrons. The van der Waals surface area contributed by atoms with Crippen LogP contribution in [0, 0.1) is 23.0 Å². The van der Waals surface area contributed by atoms with E-state index in [1.807, 2.05) is 26.2 Å². The van der Waals surface area contributed by atoms with Crippen molar-refractivity contribution in [1.82, 2.24) is 4.98 Å². The number of aliphatic hydroxyl groups excluding tert-OH is 1. The first kappa shape index (κ1) is 25.6. The van der Waals surface area contributed by atoms with E-state index in [4.69, 9.17) is 4.74 Å². The van der Waals surface area contributed by atoms with Gasteiger partial charge in [-0.2, -0.15) is 0 Å². The first-order valence-electron chi connectivity index (χ1n) is 11.8. The molecule has 11 heteroatoms. The summed E-state index contributed by atoms with van der Waals surface area (Å²) in [6, 6.07) is 12.0. The number of ketones is 1. The first-order valence-corrected chi connectivity index (χ1v) is 13.5. The number of hydrogen-bond acceptors (Lipinski definition) is 9. The third-order valence-electron chi connectivity index (χ3n) is 6.06. The molecule has 1 aliphatic heterocycles. The Morgan fingerprint density at radius 3 is 2.66 bits per heavy atom. The number of aryl methyl sites for hydroxylation is 1. The molecule has 0 radical (unpaired) electrons. The maximum atomic E-state index is 13.4. The Morgan fingerprint density at radius 2 is 2.00 bits per heavy atom. The van der Waals surface area contributed by atoms with Crippen molar-refractivity contribution in [3.05, 3.63) is 85.6 Å². The van der Waals surface area contributed by atoms with Crippen molar-refractivity contribution < 1.29 is 24.4 Å². The highest BCUT2D eigenvalue weighted by atomic mass is 32.1. The molecule has 3 heterocycles. The van der Waals surface area contributed by atoms with E-state index >= 15 is 0 Å². The number of nitrogens with zero attached hydrogens (tertiary/aromatic N) is 3. The smallest absolute Gasteiger partial charge is 0.301 e. The number of thiazole rings is 1. The minimum atomic E-state index is -0.900. The second-order valence-corrected chi connectivity index (χ2v) is 11.3. The summed E-state index contributed by atoms with van der Waals surface area (Å²) in [7, 11) is 0. The van der Waals surface area contributed by atoms with Crippen LogP contribution in [-0.2, 0) is 9.59 Å². The summed E-state index contributed by atoms with van der Waals surface area (Å²) in [5.74, 6) is -0.928. The topological polar surface area (TPSA) is 123 Å². The number of hydrogen-bond donors (Lipinski definition) is 1. The van der Waals surface area contributed by atoms with Crippen molar-refractivity contribution >= 4 is 61.2 Å². The lowest BCUT2D eigenvalue weighted by Gasteiger charge is -2.21. The maximum Gasteiger partial charge on any atom is 0.301 e. The fourth-order valence-electron chi connectivity index (χ4n) is 4.23. The van der Waals surface area contributed by atoms with E-state index in [0.29, 0.717) is 38.9 Å². The summed E-state index contributed by atoms with van der Waals surface area (Å²) in [5, 5.41) is 24.6. The molecule has 1 saturated heterocycles. The minimum absolute atomic E-state index is 0.0436. The predicted molar refractivity (Wildman–Crippen MR) is 147 cm³/mol. The number of ether oxygens (including phenoxy) is 1. The van der Waals surface area contributed by atoms with Gasteiger partial charge >= 0.3 is 5.91 Å². The predicted octanol–water partition coefficient (Wildman–Crippen LogP) is 6.24. The van der Waals surface area contributed by atoms with Gasteiger partial charge in [-0.1, -0.05) is 31.3 Å². The van der Waals surface area contributed by atoms with Crippen molar-refractivity contribution in [2.75, 3.05) is 11.5 Å². The van der Waals surface area contributed by atoms with Crippen molar-refractivity contribution in [3.63, 3.8) is 0 Å². The minimum Gasteiger partial charge on any atom is -0.507 e. The molecule has 4 aromatic rings. The highest BCUT2D eigenvalue weighted by molar-refractivity contribution is 7.22. The van der Waals surface area contributed by atoms with E-state index in [2.05, 4.69) is 4.98 Å². The maximum absolute atomic E-state index is 13.4. The van der Waals surface area contributed by atoms with E-state index < -0.39 is 22.7 Å². The molecule has 0 bridgehead atoms. The van der Waals surface area contributed by atoms with Crippen LogP contribution in [0.1, 0.15) is 35.9 Å². The lowest BCUT2D eigenvalue weighted by Crippen LogP contribution is -2.28. The van der Waals surface area contributed by atoms with Crippen LogP contribution >= 0.6 is 22.7 Å². The number of aliphatic hydroxyl groups is 1. The zero-order valence-corrected chi connectivity index (χ0v) is 22.3. The molecular formula is C27H23N3O6S2. The van der Waals surface area contributed by atoms with E-state index in [9.17, 15) is 24.8 Å². The Labute approximate surface area is 225 Å². The lowest BCUT2D eigenvalue weighted by molar-refractivity contribution is -0.384. The number of non-ortho nitro benzene ring substituents is 1. The number of nitro benzene ring substituents is 1. The summed E-state index contributed by atoms with van der Waals surface area (Å²) < 4.78 is 6.34. The number of Topliss-reactive ketones (excluding diaryl/α,β-unsaturated/α-hetero) is 1. The molecule has 1 unspecified atom stereocenters. The Balaban J connectivity index is 1.61. The number of rotatable bonds is 7. The summed E-state index contributed by atoms with van der Waals surface area (Å²) >= 11 is 2.42. The quantitative estimate of drug-likeness (QED) is 0.0952. The summed E-state index contributed by atoms with van der Waals surface area (Å²) in [4.78, 5) is 43.9. The average Bonchev–Trinajstić information content (AvgIpc) is 3.61. The number of amides is 1. The number of fused-ring (bicyclic) bond motifs is 1. The molecule has 1 atom stereocenters. The Hall–Kier alpha value is -4.09. The van der Waals surface area contributed by atoms with Crippen LogP contribution in [-0.4, -0.2) is 33.3 Å². The Bertz CT molecular complexity index is 1610. The highest BCUT2D eigenvalue weighted by Crippen LogP contribution is 2.46. The second-order valence-electron chi connectivity index (χ2n) is 9.28. The molecule has 2 aromatic carbocycles. The number of benzene rings is 2. The molecule has 9 nitrogen and oxygen atoms in total. The van der Waals surface area contributed by atoms with Crippen LogP contribution in [0.25, 0.3) is 16.0 Å². The Morgan fingerprint density at radius 1 is 1.21 bits per heavy atom. The number of carbonyl (C=O) groups is 2. The molecule has 0 saturated carbocycles. The van der Waals surface area contributed by atoms with E-state index in [-0.39, 0.29) is 22.2 Å². The fourth-order valence-corrected chi connectivity index (χ4v) is 6.08. The van der Waals surface area contributed by atoms with Gasteiger partial charge in [-0.05, 0) is 54.1 Å². The van der Waals surface area contributed by atoms with Gasteiger partial charge in [-0.25, -0.2) is 4.98 Å². The fraction of sp³-hybridized carbons (Fsp3) is 0.222. The SMILES string of the molecule is Cc1cc(/C(O)=C2\C(=O)C(=O)N(c3nc4ccc([N+](=O)[O-])cc4s3)C2c2cccs2)ccc1OCC(C)C. The van der Waals surface area contributed by atoms with Gasteiger partial charge < -0.3 is 9.84 Å². The van der Waals surface area contributed by atoms with Crippen LogP contribution in [0.3, 0.4) is 0 Å². The van der Waals surface area contributed by atoms with Gasteiger partial charge in [-0.15, -0.1) is 11.3 Å². The molecular weight excluding hydrogens is 526 g/mol. The number of carbonyl (C=O) groups excluding carboxylic acids is 2. The van der Waals surface area contributed by atoms with Crippen molar-refractivity contribution in [2.45, 2.75) is 26.8 Å². The highest BCUT2D eigenvalue weighted by Gasteiger charge is 2.48. The van der Waals surface area contributed by atoms with Crippen molar-refractivity contribution in [2.24, 2.45) is 5.92 Å². The number of nitro groups is 1.